The lowest BCUT2D eigenvalue weighted by Gasteiger charge is -2.31. The van der Waals surface area contributed by atoms with E-state index in [9.17, 15) is 28.0 Å². The SMILES string of the molecule is COC(=O)N[C@@H](C)C(=O)N1CC(F)CC1c1ncc(-c2ccc(-c3ccc(-c4cnc([C@@H]5C[C@H](F)CN5C(=O)C(C)(C)OC(N)=O)[nH]4)cc3)cc2)[nH]1. The molecule has 0 aliphatic carbocycles. The molecule has 0 bridgehead atoms. The summed E-state index contributed by atoms with van der Waals surface area (Å²) in [4.78, 5) is 67.2. The number of carbonyl (C=O) groups excluding carboxylic acids is 4. The van der Waals surface area contributed by atoms with Crippen LogP contribution in [0, 0.1) is 0 Å². The molecule has 14 nitrogen and oxygen atoms in total. The number of aromatic amines is 2. The predicted octanol–water partition coefficient (Wildman–Crippen LogP) is 4.98. The normalized spacial score (nSPS) is 20.8. The summed E-state index contributed by atoms with van der Waals surface area (Å²) >= 11 is 0. The highest BCUT2D eigenvalue weighted by atomic mass is 19.1. The molecule has 2 aliphatic rings. The molecule has 6 rings (SSSR count). The molecule has 0 saturated carbocycles. The van der Waals surface area contributed by atoms with Crippen LogP contribution >= 0.6 is 0 Å². The molecule has 2 fully saturated rings. The van der Waals surface area contributed by atoms with E-state index in [1.54, 1.807) is 12.4 Å². The smallest absolute Gasteiger partial charge is 0.407 e. The fourth-order valence-electron chi connectivity index (χ4n) is 6.73. The van der Waals surface area contributed by atoms with Gasteiger partial charge in [0.1, 0.15) is 30.0 Å². The number of benzene rings is 2. The molecule has 5 atom stereocenters. The molecule has 2 aliphatic heterocycles. The van der Waals surface area contributed by atoms with Gasteiger partial charge in [-0.25, -0.2) is 28.3 Å². The van der Waals surface area contributed by atoms with Gasteiger partial charge < -0.3 is 40.3 Å². The quantitative estimate of drug-likeness (QED) is 0.187. The van der Waals surface area contributed by atoms with Crippen molar-refractivity contribution in [3.63, 3.8) is 0 Å². The maximum Gasteiger partial charge on any atom is 0.407 e. The second-order valence-corrected chi connectivity index (χ2v) is 13.5. The van der Waals surface area contributed by atoms with E-state index in [1.165, 1.54) is 37.7 Å². The highest BCUT2D eigenvalue weighted by molar-refractivity contribution is 5.87. The van der Waals surface area contributed by atoms with Gasteiger partial charge in [0.15, 0.2) is 5.60 Å². The Morgan fingerprint density at radius 1 is 0.827 bits per heavy atom. The Morgan fingerprint density at radius 3 is 1.73 bits per heavy atom. The van der Waals surface area contributed by atoms with E-state index in [0.717, 1.165) is 22.3 Å². The average molecular weight is 719 g/mol. The van der Waals surface area contributed by atoms with Crippen LogP contribution in [0.3, 0.4) is 0 Å². The number of likely N-dealkylation sites (tertiary alicyclic amines) is 2. The van der Waals surface area contributed by atoms with E-state index >= 15 is 0 Å². The van der Waals surface area contributed by atoms with Gasteiger partial charge in [-0.2, -0.15) is 0 Å². The summed E-state index contributed by atoms with van der Waals surface area (Å²) in [6, 6.07) is 13.4. The number of alkyl carbamates (subject to hydrolysis) is 1. The molecule has 274 valence electrons. The fraction of sp³-hybridized carbons (Fsp3) is 0.389. The molecular weight excluding hydrogens is 678 g/mol. The number of hydrogen-bond donors (Lipinski definition) is 4. The molecule has 4 heterocycles. The zero-order valence-corrected chi connectivity index (χ0v) is 29.1. The summed E-state index contributed by atoms with van der Waals surface area (Å²) in [5.41, 5.74) is 8.54. The molecule has 0 spiro atoms. The lowest BCUT2D eigenvalue weighted by molar-refractivity contribution is -0.149. The minimum Gasteiger partial charge on any atom is -0.453 e. The summed E-state index contributed by atoms with van der Waals surface area (Å²) in [6.07, 6.45) is -0.929. The van der Waals surface area contributed by atoms with Gasteiger partial charge in [0.25, 0.3) is 5.91 Å². The second-order valence-electron chi connectivity index (χ2n) is 13.5. The van der Waals surface area contributed by atoms with E-state index in [2.05, 4.69) is 30.0 Å². The number of amides is 4. The summed E-state index contributed by atoms with van der Waals surface area (Å²) < 4.78 is 38.6. The van der Waals surface area contributed by atoms with Gasteiger partial charge in [-0.05, 0) is 43.0 Å². The van der Waals surface area contributed by atoms with Gasteiger partial charge in [0.2, 0.25) is 5.91 Å². The van der Waals surface area contributed by atoms with Crippen molar-refractivity contribution in [1.29, 1.82) is 0 Å². The Balaban J connectivity index is 1.12. The molecular formula is C36H40F2N8O6. The Bertz CT molecular complexity index is 1950. The number of nitrogens with one attached hydrogen (secondary N) is 3. The maximum absolute atomic E-state index is 14.5. The molecule has 4 aromatic rings. The summed E-state index contributed by atoms with van der Waals surface area (Å²) in [5, 5.41) is 2.43. The van der Waals surface area contributed by atoms with Crippen molar-refractivity contribution >= 4 is 24.0 Å². The number of hydrogen-bond acceptors (Lipinski definition) is 8. The number of imidazole rings is 2. The summed E-state index contributed by atoms with van der Waals surface area (Å²) in [6.45, 7) is 4.08. The first-order valence-corrected chi connectivity index (χ1v) is 16.8. The van der Waals surface area contributed by atoms with Gasteiger partial charge in [-0.3, -0.25) is 9.59 Å². The van der Waals surface area contributed by atoms with Crippen molar-refractivity contribution < 1.29 is 37.4 Å². The molecule has 0 radical (unpaired) electrons. The number of rotatable bonds is 9. The van der Waals surface area contributed by atoms with Crippen molar-refractivity contribution in [1.82, 2.24) is 35.1 Å². The number of halogens is 2. The van der Waals surface area contributed by atoms with Crippen molar-refractivity contribution in [2.24, 2.45) is 5.73 Å². The van der Waals surface area contributed by atoms with Gasteiger partial charge >= 0.3 is 12.2 Å². The molecule has 5 N–H and O–H groups in total. The highest BCUT2D eigenvalue weighted by Gasteiger charge is 2.45. The van der Waals surface area contributed by atoms with Crippen LogP contribution in [0.15, 0.2) is 60.9 Å². The monoisotopic (exact) mass is 718 g/mol. The fourth-order valence-corrected chi connectivity index (χ4v) is 6.73. The van der Waals surface area contributed by atoms with Crippen molar-refractivity contribution in [2.45, 2.75) is 69.7 Å². The standard InChI is InChI=1S/C36H40F2N8O6/c1-19(42-35(50)51-4)32(47)45-17-24(37)13-28(45)30-40-15-26(43-30)22-9-5-20(6-10-22)21-7-11-23(12-8-21)27-16-41-31(44-27)29-14-25(38)18-46(29)33(48)36(2,3)52-34(39)49/h5-12,15-16,19,24-25,28-29H,13-14,17-18H2,1-4H3,(H2,39,49)(H,40,43)(H,41,44)(H,42,50)/t19-,24?,25-,28?,29-/m0/s1. The molecule has 4 amide bonds. The first kappa shape index (κ1) is 36.0. The van der Waals surface area contributed by atoms with Crippen LogP contribution in [-0.4, -0.2) is 97.9 Å². The van der Waals surface area contributed by atoms with Crippen LogP contribution in [0.25, 0.3) is 33.6 Å². The molecule has 2 unspecified atom stereocenters. The van der Waals surface area contributed by atoms with E-state index < -0.39 is 60.1 Å². The number of H-pyrrole nitrogens is 2. The summed E-state index contributed by atoms with van der Waals surface area (Å²) in [5.74, 6) is -0.131. The van der Waals surface area contributed by atoms with Crippen molar-refractivity contribution in [3.05, 3.63) is 72.6 Å². The van der Waals surface area contributed by atoms with E-state index in [4.69, 9.17) is 10.5 Å². The van der Waals surface area contributed by atoms with E-state index in [0.29, 0.717) is 23.0 Å². The van der Waals surface area contributed by atoms with Crippen LogP contribution in [0.1, 0.15) is 57.3 Å². The topological polar surface area (TPSA) is 189 Å². The Hall–Kier alpha value is -5.80. The summed E-state index contributed by atoms with van der Waals surface area (Å²) in [7, 11) is 1.20. The second kappa shape index (κ2) is 14.4. The third-order valence-electron chi connectivity index (χ3n) is 9.35. The third kappa shape index (κ3) is 7.45. The number of alkyl halides is 2. The Kier molecular flexibility index (Phi) is 10.00. The molecule has 2 aromatic carbocycles. The number of carbonyl (C=O) groups is 4. The van der Waals surface area contributed by atoms with E-state index in [-0.39, 0.29) is 25.9 Å². The highest BCUT2D eigenvalue weighted by Crippen LogP contribution is 2.37. The van der Waals surface area contributed by atoms with Gasteiger partial charge in [0, 0.05) is 12.8 Å². The predicted molar refractivity (Wildman–Crippen MR) is 185 cm³/mol. The number of aromatic nitrogens is 4. The van der Waals surface area contributed by atoms with Crippen LogP contribution in [0.4, 0.5) is 18.4 Å². The number of methoxy groups -OCH3 is 1. The number of primary amides is 1. The van der Waals surface area contributed by atoms with Crippen LogP contribution < -0.4 is 11.1 Å². The van der Waals surface area contributed by atoms with Crippen LogP contribution in [0.2, 0.25) is 0 Å². The number of ether oxygens (including phenoxy) is 2. The number of nitrogens with two attached hydrogens (primary N) is 1. The first-order chi connectivity index (χ1) is 24.7. The zero-order chi connectivity index (χ0) is 37.3. The lowest BCUT2D eigenvalue weighted by Crippen LogP contribution is -2.48. The molecule has 52 heavy (non-hydrogen) atoms. The third-order valence-corrected chi connectivity index (χ3v) is 9.35. The molecule has 2 aromatic heterocycles. The van der Waals surface area contributed by atoms with Crippen molar-refractivity contribution in [3.8, 4) is 33.6 Å². The largest absolute Gasteiger partial charge is 0.453 e. The van der Waals surface area contributed by atoms with Crippen molar-refractivity contribution in [2.75, 3.05) is 20.2 Å². The average Bonchev–Trinajstić information content (AvgIpc) is 3.93. The number of nitrogens with zero attached hydrogens (tertiary/aromatic N) is 4. The maximum atomic E-state index is 14.5. The Labute approximate surface area is 298 Å². The molecule has 2 saturated heterocycles. The van der Waals surface area contributed by atoms with Crippen LogP contribution in [-0.2, 0) is 19.1 Å². The lowest BCUT2D eigenvalue weighted by atomic mass is 10.0. The molecule has 16 heteroatoms. The van der Waals surface area contributed by atoms with E-state index in [1.807, 2.05) is 48.5 Å². The Morgan fingerprint density at radius 2 is 1.27 bits per heavy atom. The van der Waals surface area contributed by atoms with Gasteiger partial charge in [0.05, 0.1) is 56.1 Å². The van der Waals surface area contributed by atoms with Gasteiger partial charge in [-0.15, -0.1) is 0 Å². The zero-order valence-electron chi connectivity index (χ0n) is 29.1. The minimum atomic E-state index is -1.57. The van der Waals surface area contributed by atoms with Gasteiger partial charge in [-0.1, -0.05) is 48.5 Å². The minimum absolute atomic E-state index is 0.0480. The van der Waals surface area contributed by atoms with Crippen LogP contribution in [0.5, 0.6) is 0 Å². The first-order valence-electron chi connectivity index (χ1n) is 16.8.